The Morgan fingerprint density at radius 2 is 2.23 bits per heavy atom. The van der Waals surface area contributed by atoms with Crippen LogP contribution in [0.5, 0.6) is 0 Å². The quantitative estimate of drug-likeness (QED) is 0.742. The minimum atomic E-state index is -0.0237. The van der Waals surface area contributed by atoms with E-state index >= 15 is 0 Å². The summed E-state index contributed by atoms with van der Waals surface area (Å²) in [5.74, 6) is 1.42. The first-order chi connectivity index (χ1) is 12.8. The molecule has 0 N–H and O–H groups in total. The molecule has 1 saturated heterocycles. The Hall–Kier alpha value is -2.38. The van der Waals surface area contributed by atoms with Gasteiger partial charge in [-0.15, -0.1) is 0 Å². The van der Waals surface area contributed by atoms with Crippen molar-refractivity contribution in [3.63, 3.8) is 0 Å². The summed E-state index contributed by atoms with van der Waals surface area (Å²) < 4.78 is 16.4. The molecule has 0 aliphatic carbocycles. The zero-order chi connectivity index (χ0) is 17.9. The van der Waals surface area contributed by atoms with Crippen LogP contribution in [0.15, 0.2) is 46.9 Å². The maximum Gasteiger partial charge on any atom is 0.195 e. The van der Waals surface area contributed by atoms with Gasteiger partial charge in [0.1, 0.15) is 10.6 Å². The lowest BCUT2D eigenvalue weighted by Gasteiger charge is -2.23. The van der Waals surface area contributed by atoms with Crippen molar-refractivity contribution in [2.75, 3.05) is 31.8 Å². The van der Waals surface area contributed by atoms with Gasteiger partial charge in [0.15, 0.2) is 22.6 Å². The van der Waals surface area contributed by atoms with Crippen molar-refractivity contribution in [3.05, 3.63) is 47.4 Å². The predicted octanol–water partition coefficient (Wildman–Crippen LogP) is 3.88. The fraction of sp³-hybridized carbons (Fsp3) is 0.368. The van der Waals surface area contributed by atoms with Gasteiger partial charge in [-0.25, -0.2) is 4.98 Å². The van der Waals surface area contributed by atoms with Crippen LogP contribution in [0.25, 0.3) is 11.5 Å². The predicted molar refractivity (Wildman–Crippen MR) is 99.3 cm³/mol. The lowest BCUT2D eigenvalue weighted by Crippen LogP contribution is -2.25. The molecule has 7 heteroatoms. The minimum Gasteiger partial charge on any atom is -0.482 e. The summed E-state index contributed by atoms with van der Waals surface area (Å²) in [6, 6.07) is 3.64. The molecule has 0 unspecified atom stereocenters. The Bertz CT molecular complexity index is 832. The number of Topliss-reactive ketones (excluding diaryl/α,β-unsaturated/α-hetero) is 1. The average molecular weight is 372 g/mol. The standard InChI is InChI=1S/C19H20N2O4S/c1-23-15-6-2-3-9-21(15)19-20-16(14-5-4-10-25-14)18(26-19)17(22)13-7-11-24-12-8-13/h2-6,10,13H,7-9,11-12H2,1H3. The van der Waals surface area contributed by atoms with Gasteiger partial charge in [0, 0.05) is 25.7 Å². The molecule has 4 rings (SSSR count). The summed E-state index contributed by atoms with van der Waals surface area (Å²) in [6.45, 7) is 1.91. The number of thiazole rings is 1. The number of hydrogen-bond acceptors (Lipinski definition) is 7. The first kappa shape index (κ1) is 17.1. The van der Waals surface area contributed by atoms with E-state index in [2.05, 4.69) is 0 Å². The van der Waals surface area contributed by atoms with Crippen LogP contribution in [0.1, 0.15) is 22.5 Å². The highest BCUT2D eigenvalue weighted by Crippen LogP contribution is 2.38. The van der Waals surface area contributed by atoms with Crippen LogP contribution in [0.2, 0.25) is 0 Å². The van der Waals surface area contributed by atoms with E-state index in [4.69, 9.17) is 18.9 Å². The van der Waals surface area contributed by atoms with Crippen LogP contribution < -0.4 is 4.90 Å². The van der Waals surface area contributed by atoms with Gasteiger partial charge >= 0.3 is 0 Å². The highest BCUT2D eigenvalue weighted by atomic mass is 32.1. The van der Waals surface area contributed by atoms with Crippen LogP contribution >= 0.6 is 11.3 Å². The maximum atomic E-state index is 13.2. The molecule has 2 aromatic heterocycles. The number of anilines is 1. The highest BCUT2D eigenvalue weighted by molar-refractivity contribution is 7.18. The Morgan fingerprint density at radius 3 is 2.96 bits per heavy atom. The Balaban J connectivity index is 1.72. The van der Waals surface area contributed by atoms with Gasteiger partial charge in [0.25, 0.3) is 0 Å². The molecule has 4 heterocycles. The molecule has 0 aromatic carbocycles. The number of ether oxygens (including phenoxy) is 2. The second-order valence-corrected chi connectivity index (χ2v) is 7.13. The summed E-state index contributed by atoms with van der Waals surface area (Å²) in [7, 11) is 1.63. The molecule has 2 aliphatic rings. The number of furan rings is 1. The van der Waals surface area contributed by atoms with E-state index in [1.807, 2.05) is 29.2 Å². The monoisotopic (exact) mass is 372 g/mol. The molecule has 26 heavy (non-hydrogen) atoms. The summed E-state index contributed by atoms with van der Waals surface area (Å²) in [5.41, 5.74) is 0.608. The number of allylic oxidation sites excluding steroid dienone is 2. The molecule has 2 aromatic rings. The minimum absolute atomic E-state index is 0.0237. The van der Waals surface area contributed by atoms with Crippen molar-refractivity contribution in [1.29, 1.82) is 0 Å². The lowest BCUT2D eigenvalue weighted by atomic mass is 9.94. The van der Waals surface area contributed by atoms with Crippen LogP contribution in [0.4, 0.5) is 5.13 Å². The van der Waals surface area contributed by atoms with E-state index < -0.39 is 0 Å². The second-order valence-electron chi connectivity index (χ2n) is 6.15. The SMILES string of the molecule is COC1=CC=CCN1c1nc(-c2ccco2)c(C(=O)C2CCOCC2)s1. The first-order valence-corrected chi connectivity index (χ1v) is 9.44. The second kappa shape index (κ2) is 7.47. The molecular weight excluding hydrogens is 352 g/mol. The van der Waals surface area contributed by atoms with E-state index in [1.165, 1.54) is 11.3 Å². The summed E-state index contributed by atoms with van der Waals surface area (Å²) >= 11 is 1.39. The van der Waals surface area contributed by atoms with Crippen LogP contribution in [0.3, 0.4) is 0 Å². The van der Waals surface area contributed by atoms with Gasteiger partial charge in [-0.05, 0) is 31.1 Å². The van der Waals surface area contributed by atoms with Crippen LogP contribution in [-0.4, -0.2) is 37.6 Å². The molecule has 2 aliphatic heterocycles. The van der Waals surface area contributed by atoms with Crippen LogP contribution in [-0.2, 0) is 9.47 Å². The molecule has 1 fully saturated rings. The smallest absolute Gasteiger partial charge is 0.195 e. The fourth-order valence-electron chi connectivity index (χ4n) is 3.16. The van der Waals surface area contributed by atoms with E-state index in [-0.39, 0.29) is 11.7 Å². The first-order valence-electron chi connectivity index (χ1n) is 8.63. The van der Waals surface area contributed by atoms with Crippen molar-refractivity contribution < 1.29 is 18.7 Å². The van der Waals surface area contributed by atoms with Gasteiger partial charge in [-0.3, -0.25) is 9.69 Å². The van der Waals surface area contributed by atoms with Crippen LogP contribution in [0, 0.1) is 5.92 Å². The van der Waals surface area contributed by atoms with Gasteiger partial charge in [0.05, 0.1) is 13.4 Å². The van der Waals surface area contributed by atoms with E-state index in [9.17, 15) is 4.79 Å². The van der Waals surface area contributed by atoms with Gasteiger partial charge in [-0.2, -0.15) is 0 Å². The van der Waals surface area contributed by atoms with Gasteiger partial charge in [-0.1, -0.05) is 23.5 Å². The highest BCUT2D eigenvalue weighted by Gasteiger charge is 2.30. The molecule has 0 spiro atoms. The molecule has 136 valence electrons. The Labute approximate surface area is 155 Å². The van der Waals surface area contributed by atoms with Crippen molar-refractivity contribution >= 4 is 22.3 Å². The van der Waals surface area contributed by atoms with Crippen molar-refractivity contribution in [2.24, 2.45) is 5.92 Å². The third kappa shape index (κ3) is 3.20. The average Bonchev–Trinajstić information content (AvgIpc) is 3.37. The number of ketones is 1. The van der Waals surface area contributed by atoms with Crippen molar-refractivity contribution in [2.45, 2.75) is 12.8 Å². The summed E-state index contributed by atoms with van der Waals surface area (Å²) in [4.78, 5) is 20.5. The summed E-state index contributed by atoms with van der Waals surface area (Å²) in [5, 5.41) is 0.726. The number of carbonyl (C=O) groups is 1. The van der Waals surface area contributed by atoms with Crippen molar-refractivity contribution in [1.82, 2.24) is 4.98 Å². The molecule has 0 radical (unpaired) electrons. The third-order valence-electron chi connectivity index (χ3n) is 4.56. The fourth-order valence-corrected chi connectivity index (χ4v) is 4.27. The number of aromatic nitrogens is 1. The molecule has 0 bridgehead atoms. The number of methoxy groups -OCH3 is 1. The van der Waals surface area contributed by atoms with E-state index in [0.29, 0.717) is 42.0 Å². The molecule has 0 amide bonds. The zero-order valence-corrected chi connectivity index (χ0v) is 15.3. The Kier molecular flexibility index (Phi) is 4.90. The number of carbonyl (C=O) groups excluding carboxylic acids is 1. The lowest BCUT2D eigenvalue weighted by molar-refractivity contribution is 0.0547. The Morgan fingerprint density at radius 1 is 1.38 bits per heavy atom. The normalized spacial score (nSPS) is 18.0. The van der Waals surface area contributed by atoms with E-state index in [1.54, 1.807) is 19.4 Å². The largest absolute Gasteiger partial charge is 0.482 e. The molecule has 0 atom stereocenters. The maximum absolute atomic E-state index is 13.2. The molecule has 6 nitrogen and oxygen atoms in total. The van der Waals surface area contributed by atoms with Gasteiger partial charge in [0.2, 0.25) is 0 Å². The molecule has 0 saturated carbocycles. The summed E-state index contributed by atoms with van der Waals surface area (Å²) in [6.07, 6.45) is 8.96. The van der Waals surface area contributed by atoms with E-state index in [0.717, 1.165) is 18.0 Å². The zero-order valence-electron chi connectivity index (χ0n) is 14.5. The number of hydrogen-bond donors (Lipinski definition) is 0. The topological polar surface area (TPSA) is 64.8 Å². The number of nitrogens with zero attached hydrogens (tertiary/aromatic N) is 2. The third-order valence-corrected chi connectivity index (χ3v) is 5.65. The molecular formula is C19H20N2O4S. The van der Waals surface area contributed by atoms with Gasteiger partial charge < -0.3 is 13.9 Å². The number of rotatable bonds is 5. The van der Waals surface area contributed by atoms with Crippen molar-refractivity contribution in [3.8, 4) is 11.5 Å².